The van der Waals surface area contributed by atoms with Crippen LogP contribution in [0.2, 0.25) is 15.1 Å². The van der Waals surface area contributed by atoms with E-state index in [0.29, 0.717) is 15.1 Å². The van der Waals surface area contributed by atoms with E-state index < -0.39 is 0 Å². The Morgan fingerprint density at radius 1 is 1.12 bits per heavy atom. The first-order chi connectivity index (χ1) is 8.11. The van der Waals surface area contributed by atoms with Gasteiger partial charge in [-0.05, 0) is 19.1 Å². The normalized spacial score (nSPS) is 19.3. The number of benzene rings is 1. The third-order valence-electron chi connectivity index (χ3n) is 3.20. The number of piperazine rings is 1. The van der Waals surface area contributed by atoms with Crippen LogP contribution in [-0.2, 0) is 0 Å². The van der Waals surface area contributed by atoms with E-state index >= 15 is 0 Å². The van der Waals surface area contributed by atoms with Crippen LogP contribution in [-0.4, -0.2) is 31.1 Å². The fourth-order valence-corrected chi connectivity index (χ4v) is 3.03. The van der Waals surface area contributed by atoms with Gasteiger partial charge in [-0.2, -0.15) is 0 Å². The van der Waals surface area contributed by atoms with Gasteiger partial charge in [-0.15, -0.1) is 0 Å². The number of nitrogens with one attached hydrogen (secondary N) is 1. The fraction of sp³-hybridized carbons (Fsp3) is 0.500. The summed E-state index contributed by atoms with van der Waals surface area (Å²) in [6, 6.07) is 3.74. The Morgan fingerprint density at radius 3 is 2.35 bits per heavy atom. The Kier molecular flexibility index (Phi) is 4.56. The average Bonchev–Trinajstić information content (AvgIpc) is 2.35. The summed E-state index contributed by atoms with van der Waals surface area (Å²) in [5.74, 6) is 0. The Balaban J connectivity index is 2.29. The van der Waals surface area contributed by atoms with Gasteiger partial charge in [0.25, 0.3) is 0 Å². The standard InChI is InChI=1S/C12H15Cl3N2/c1-8(17-6-4-16-5-7-17)11-9(13)2-3-10(14)12(11)15/h2-3,8,16H,4-7H2,1H3/t8-/m1/s1. The molecule has 1 aliphatic rings. The zero-order chi connectivity index (χ0) is 12.4. The van der Waals surface area contributed by atoms with Crippen LogP contribution in [0, 0.1) is 0 Å². The molecule has 1 N–H and O–H groups in total. The molecule has 1 aliphatic heterocycles. The van der Waals surface area contributed by atoms with E-state index in [1.54, 1.807) is 6.07 Å². The van der Waals surface area contributed by atoms with Crippen molar-refractivity contribution in [2.75, 3.05) is 26.2 Å². The van der Waals surface area contributed by atoms with Crippen LogP contribution in [0.25, 0.3) is 0 Å². The van der Waals surface area contributed by atoms with Gasteiger partial charge in [-0.25, -0.2) is 0 Å². The van der Waals surface area contributed by atoms with Gasteiger partial charge < -0.3 is 5.32 Å². The third kappa shape index (κ3) is 2.88. The van der Waals surface area contributed by atoms with Crippen molar-refractivity contribution in [3.63, 3.8) is 0 Å². The highest BCUT2D eigenvalue weighted by Crippen LogP contribution is 2.37. The molecule has 0 saturated carbocycles. The maximum atomic E-state index is 6.25. The van der Waals surface area contributed by atoms with E-state index in [-0.39, 0.29) is 6.04 Å². The summed E-state index contributed by atoms with van der Waals surface area (Å²) < 4.78 is 0. The molecule has 2 nitrogen and oxygen atoms in total. The van der Waals surface area contributed by atoms with Gasteiger partial charge in [0.15, 0.2) is 0 Å². The van der Waals surface area contributed by atoms with Gasteiger partial charge in [0.1, 0.15) is 0 Å². The Hall–Kier alpha value is 0.01000. The summed E-state index contributed by atoms with van der Waals surface area (Å²) >= 11 is 18.5. The largest absolute Gasteiger partial charge is 0.314 e. The van der Waals surface area contributed by atoms with Crippen LogP contribution < -0.4 is 5.32 Å². The van der Waals surface area contributed by atoms with Crippen molar-refractivity contribution in [3.8, 4) is 0 Å². The number of nitrogens with zero attached hydrogens (tertiary/aromatic N) is 1. The second kappa shape index (κ2) is 5.77. The number of hydrogen-bond acceptors (Lipinski definition) is 2. The van der Waals surface area contributed by atoms with Crippen molar-refractivity contribution in [1.29, 1.82) is 0 Å². The molecule has 1 aromatic carbocycles. The maximum Gasteiger partial charge on any atom is 0.0654 e. The van der Waals surface area contributed by atoms with Crippen LogP contribution in [0.15, 0.2) is 12.1 Å². The molecule has 0 radical (unpaired) electrons. The van der Waals surface area contributed by atoms with Crippen LogP contribution in [0.5, 0.6) is 0 Å². The SMILES string of the molecule is C[C@H](c1c(Cl)ccc(Cl)c1Cl)N1CCNCC1. The van der Waals surface area contributed by atoms with Gasteiger partial charge in [-0.3, -0.25) is 4.90 Å². The quantitative estimate of drug-likeness (QED) is 0.838. The molecule has 1 aromatic rings. The van der Waals surface area contributed by atoms with Crippen molar-refractivity contribution in [3.05, 3.63) is 32.8 Å². The topological polar surface area (TPSA) is 15.3 Å². The predicted molar refractivity (Wildman–Crippen MR) is 74.3 cm³/mol. The second-order valence-electron chi connectivity index (χ2n) is 4.22. The van der Waals surface area contributed by atoms with Crippen LogP contribution in [0.3, 0.4) is 0 Å². The van der Waals surface area contributed by atoms with Crippen molar-refractivity contribution >= 4 is 34.8 Å². The first kappa shape index (κ1) is 13.4. The van der Waals surface area contributed by atoms with E-state index in [4.69, 9.17) is 34.8 Å². The van der Waals surface area contributed by atoms with Crippen LogP contribution >= 0.6 is 34.8 Å². The average molecular weight is 294 g/mol. The first-order valence-corrected chi connectivity index (χ1v) is 6.83. The number of halogens is 3. The van der Waals surface area contributed by atoms with Crippen LogP contribution in [0.1, 0.15) is 18.5 Å². The molecule has 0 aliphatic carbocycles. The summed E-state index contributed by atoms with van der Waals surface area (Å²) in [6.07, 6.45) is 0. The van der Waals surface area contributed by atoms with Crippen LogP contribution in [0.4, 0.5) is 0 Å². The minimum Gasteiger partial charge on any atom is -0.314 e. The molecule has 2 rings (SSSR count). The van der Waals surface area contributed by atoms with E-state index in [2.05, 4.69) is 17.1 Å². The zero-order valence-electron chi connectivity index (χ0n) is 9.64. The molecule has 0 amide bonds. The molecule has 5 heteroatoms. The van der Waals surface area contributed by atoms with E-state index in [1.807, 2.05) is 6.07 Å². The minimum absolute atomic E-state index is 0.191. The summed E-state index contributed by atoms with van der Waals surface area (Å²) in [7, 11) is 0. The third-order valence-corrected chi connectivity index (χ3v) is 4.35. The van der Waals surface area contributed by atoms with E-state index in [0.717, 1.165) is 31.7 Å². The highest BCUT2D eigenvalue weighted by molar-refractivity contribution is 6.44. The van der Waals surface area contributed by atoms with E-state index in [1.165, 1.54) is 0 Å². The second-order valence-corrected chi connectivity index (χ2v) is 5.41. The predicted octanol–water partition coefficient (Wildman–Crippen LogP) is 3.61. The molecule has 1 atom stereocenters. The summed E-state index contributed by atoms with van der Waals surface area (Å²) in [6.45, 7) is 6.12. The van der Waals surface area contributed by atoms with Gasteiger partial charge in [0.2, 0.25) is 0 Å². The van der Waals surface area contributed by atoms with Gasteiger partial charge in [0.05, 0.1) is 10.0 Å². The zero-order valence-corrected chi connectivity index (χ0v) is 11.9. The summed E-state index contributed by atoms with van der Waals surface area (Å²) in [4.78, 5) is 2.36. The molecular weight excluding hydrogens is 279 g/mol. The lowest BCUT2D eigenvalue weighted by Crippen LogP contribution is -2.44. The Bertz CT molecular complexity index is 403. The Morgan fingerprint density at radius 2 is 1.71 bits per heavy atom. The van der Waals surface area contributed by atoms with E-state index in [9.17, 15) is 0 Å². The molecule has 1 saturated heterocycles. The molecule has 17 heavy (non-hydrogen) atoms. The number of hydrogen-bond donors (Lipinski definition) is 1. The molecule has 1 heterocycles. The minimum atomic E-state index is 0.191. The van der Waals surface area contributed by atoms with Crippen molar-refractivity contribution < 1.29 is 0 Å². The van der Waals surface area contributed by atoms with Gasteiger partial charge in [-0.1, -0.05) is 34.8 Å². The maximum absolute atomic E-state index is 6.25. The van der Waals surface area contributed by atoms with Gasteiger partial charge >= 0.3 is 0 Å². The molecular formula is C12H15Cl3N2. The lowest BCUT2D eigenvalue weighted by atomic mass is 10.1. The molecule has 94 valence electrons. The van der Waals surface area contributed by atoms with Crippen molar-refractivity contribution in [2.24, 2.45) is 0 Å². The highest BCUT2D eigenvalue weighted by atomic mass is 35.5. The van der Waals surface area contributed by atoms with Crippen molar-refractivity contribution in [2.45, 2.75) is 13.0 Å². The highest BCUT2D eigenvalue weighted by Gasteiger charge is 2.23. The lowest BCUT2D eigenvalue weighted by Gasteiger charge is -2.33. The molecule has 0 unspecified atom stereocenters. The molecule has 0 aromatic heterocycles. The monoisotopic (exact) mass is 292 g/mol. The lowest BCUT2D eigenvalue weighted by molar-refractivity contribution is 0.185. The summed E-state index contributed by atoms with van der Waals surface area (Å²) in [5.41, 5.74) is 0.933. The molecule has 1 fully saturated rings. The first-order valence-electron chi connectivity index (χ1n) is 5.69. The van der Waals surface area contributed by atoms with Gasteiger partial charge in [0, 0.05) is 42.8 Å². The number of rotatable bonds is 2. The van der Waals surface area contributed by atoms with Crippen molar-refractivity contribution in [1.82, 2.24) is 10.2 Å². The fourth-order valence-electron chi connectivity index (χ4n) is 2.18. The molecule has 0 bridgehead atoms. The molecule has 0 spiro atoms. The smallest absolute Gasteiger partial charge is 0.0654 e. The summed E-state index contributed by atoms with van der Waals surface area (Å²) in [5, 5.41) is 5.15. The Labute approximate surface area is 117 Å².